The number of hydrogen-bond donors (Lipinski definition) is 0. The van der Waals surface area contributed by atoms with Gasteiger partial charge in [0.1, 0.15) is 0 Å². The van der Waals surface area contributed by atoms with E-state index >= 15 is 0 Å². The summed E-state index contributed by atoms with van der Waals surface area (Å²) in [7, 11) is 0. The molecule has 0 saturated heterocycles. The van der Waals surface area contributed by atoms with Crippen LogP contribution in [0.4, 0.5) is 0 Å². The topological polar surface area (TPSA) is 9.86 Å². The quantitative estimate of drug-likeness (QED) is 0.148. The molecule has 2 aromatic heterocycles. The second-order valence-electron chi connectivity index (χ2n) is 16.8. The Morgan fingerprint density at radius 2 is 0.594 bits per heavy atom. The molecule has 2 heterocycles. The summed E-state index contributed by atoms with van der Waals surface area (Å²) in [5.74, 6) is 0. The summed E-state index contributed by atoms with van der Waals surface area (Å²) < 4.78 is 4.83. The highest BCUT2D eigenvalue weighted by molar-refractivity contribution is 6.24. The minimum Gasteiger partial charge on any atom is -0.309 e. The van der Waals surface area contributed by atoms with Gasteiger partial charge in [0, 0.05) is 32.9 Å². The van der Waals surface area contributed by atoms with Crippen molar-refractivity contribution in [3.8, 4) is 55.9 Å². The number of nitrogens with zero attached hydrogens (tertiary/aromatic N) is 2. The highest BCUT2D eigenvalue weighted by Gasteiger charge is 2.22. The van der Waals surface area contributed by atoms with Crippen LogP contribution in [0.25, 0.3) is 121 Å². The number of benzene rings is 11. The summed E-state index contributed by atoms with van der Waals surface area (Å²) in [4.78, 5) is 0. The van der Waals surface area contributed by atoms with Crippen LogP contribution in [-0.2, 0) is 0 Å². The van der Waals surface area contributed by atoms with E-state index in [0.717, 1.165) is 11.4 Å². The van der Waals surface area contributed by atoms with Gasteiger partial charge >= 0.3 is 0 Å². The van der Waals surface area contributed by atoms with Crippen LogP contribution in [0.1, 0.15) is 0 Å². The van der Waals surface area contributed by atoms with Crippen LogP contribution in [-0.4, -0.2) is 9.13 Å². The number of aromatic nitrogens is 2. The number of hydrogen-bond acceptors (Lipinski definition) is 0. The molecule has 0 unspecified atom stereocenters. The maximum Gasteiger partial charge on any atom is 0.0547 e. The van der Waals surface area contributed by atoms with Crippen molar-refractivity contribution in [2.24, 2.45) is 0 Å². The summed E-state index contributed by atoms with van der Waals surface area (Å²) in [6.07, 6.45) is 0. The van der Waals surface area contributed by atoms with Gasteiger partial charge in [0.25, 0.3) is 0 Å². The molecule has 0 radical (unpaired) electrons. The fourth-order valence-corrected chi connectivity index (χ4v) is 10.6. The lowest BCUT2D eigenvalue weighted by Crippen LogP contribution is -1.94. The Hall–Kier alpha value is -8.46. The van der Waals surface area contributed by atoms with Crippen molar-refractivity contribution in [1.29, 1.82) is 0 Å². The number of fused-ring (bicyclic) bond motifs is 8. The van der Waals surface area contributed by atoms with E-state index in [1.54, 1.807) is 0 Å². The Labute approximate surface area is 371 Å². The fraction of sp³-hybridized carbons (Fsp3) is 0. The second kappa shape index (κ2) is 14.6. The van der Waals surface area contributed by atoms with Crippen LogP contribution >= 0.6 is 0 Å². The van der Waals surface area contributed by atoms with Crippen LogP contribution < -0.4 is 0 Å². The third-order valence-electron chi connectivity index (χ3n) is 13.3. The Bertz CT molecular complexity index is 3720. The molecule has 13 rings (SSSR count). The van der Waals surface area contributed by atoms with Crippen molar-refractivity contribution in [2.45, 2.75) is 0 Å². The number of para-hydroxylation sites is 4. The van der Waals surface area contributed by atoms with Gasteiger partial charge in [-0.3, -0.25) is 0 Å². The molecule has 64 heavy (non-hydrogen) atoms. The molecule has 298 valence electrons. The van der Waals surface area contributed by atoms with Crippen molar-refractivity contribution in [3.63, 3.8) is 0 Å². The third kappa shape index (κ3) is 5.53. The number of rotatable bonds is 6. The van der Waals surface area contributed by atoms with E-state index in [1.807, 2.05) is 0 Å². The van der Waals surface area contributed by atoms with Crippen LogP contribution in [0, 0.1) is 0 Å². The first-order valence-electron chi connectivity index (χ1n) is 22.1. The molecule has 0 saturated carbocycles. The summed E-state index contributed by atoms with van der Waals surface area (Å²) in [6, 6.07) is 89.1. The highest BCUT2D eigenvalue weighted by atomic mass is 15.0. The molecular weight excluding hydrogens is 773 g/mol. The first-order chi connectivity index (χ1) is 31.8. The second-order valence-corrected chi connectivity index (χ2v) is 16.8. The lowest BCUT2D eigenvalue weighted by Gasteiger charge is -2.19. The standard InChI is InChI=1S/C62H40N2/c1-4-19-41(20-5-1)42-21-14-22-43(39-42)60-50-31-15-29-46(48-33-17-37-58-61(48)52-27-10-12-35-56(52)63(58)44-23-6-2-7-24-44)54(50)40-55-47(30-16-32-51(55)60)49-34-18-38-59-62(49)53-28-11-13-36-57(53)64(59)45-25-8-3-9-26-45/h1-40H. The maximum atomic E-state index is 2.49. The van der Waals surface area contributed by atoms with Gasteiger partial charge in [-0.1, -0.05) is 182 Å². The van der Waals surface area contributed by atoms with E-state index in [9.17, 15) is 0 Å². The molecule has 11 aromatic carbocycles. The average Bonchev–Trinajstić information content (AvgIpc) is 3.90. The summed E-state index contributed by atoms with van der Waals surface area (Å²) in [5.41, 5.74) is 16.8. The lowest BCUT2D eigenvalue weighted by atomic mass is 9.85. The van der Waals surface area contributed by atoms with Crippen LogP contribution in [0.5, 0.6) is 0 Å². The van der Waals surface area contributed by atoms with Crippen molar-refractivity contribution in [2.75, 3.05) is 0 Å². The van der Waals surface area contributed by atoms with E-state index in [2.05, 4.69) is 252 Å². The van der Waals surface area contributed by atoms with Gasteiger partial charge in [-0.15, -0.1) is 0 Å². The molecule has 0 bridgehead atoms. The molecular formula is C62H40N2. The third-order valence-corrected chi connectivity index (χ3v) is 13.3. The zero-order valence-electron chi connectivity index (χ0n) is 35.0. The van der Waals surface area contributed by atoms with Crippen molar-refractivity contribution in [3.05, 3.63) is 243 Å². The van der Waals surface area contributed by atoms with E-state index in [4.69, 9.17) is 0 Å². The lowest BCUT2D eigenvalue weighted by molar-refractivity contribution is 1.18. The summed E-state index contributed by atoms with van der Waals surface area (Å²) in [6.45, 7) is 0. The van der Waals surface area contributed by atoms with E-state index in [0.29, 0.717) is 0 Å². The normalized spacial score (nSPS) is 11.8. The molecule has 0 amide bonds. The van der Waals surface area contributed by atoms with Gasteiger partial charge in [-0.2, -0.15) is 0 Å². The average molecular weight is 813 g/mol. The Kier molecular flexibility index (Phi) is 8.25. The van der Waals surface area contributed by atoms with E-state index in [-0.39, 0.29) is 0 Å². The fourth-order valence-electron chi connectivity index (χ4n) is 10.6. The maximum absolute atomic E-state index is 2.49. The molecule has 2 nitrogen and oxygen atoms in total. The van der Waals surface area contributed by atoms with Crippen LogP contribution in [0.2, 0.25) is 0 Å². The van der Waals surface area contributed by atoms with Gasteiger partial charge in [-0.05, 0) is 127 Å². The summed E-state index contributed by atoms with van der Waals surface area (Å²) in [5, 5.41) is 9.92. The molecule has 0 aliphatic carbocycles. The van der Waals surface area contributed by atoms with Crippen molar-refractivity contribution >= 4 is 65.2 Å². The van der Waals surface area contributed by atoms with E-state index < -0.39 is 0 Å². The first-order valence-corrected chi connectivity index (χ1v) is 22.1. The Morgan fingerprint density at radius 1 is 0.219 bits per heavy atom. The van der Waals surface area contributed by atoms with E-state index in [1.165, 1.54) is 110 Å². The largest absolute Gasteiger partial charge is 0.309 e. The molecule has 13 aromatic rings. The van der Waals surface area contributed by atoms with Crippen molar-refractivity contribution < 1.29 is 0 Å². The smallest absolute Gasteiger partial charge is 0.0547 e. The van der Waals surface area contributed by atoms with Gasteiger partial charge in [0.15, 0.2) is 0 Å². The molecule has 0 aliphatic rings. The van der Waals surface area contributed by atoms with Crippen molar-refractivity contribution in [1.82, 2.24) is 9.13 Å². The van der Waals surface area contributed by atoms with Gasteiger partial charge in [0.05, 0.1) is 22.1 Å². The predicted molar refractivity (Wildman–Crippen MR) is 272 cm³/mol. The Balaban J connectivity index is 1.15. The predicted octanol–water partition coefficient (Wildman–Crippen LogP) is 16.9. The molecule has 0 aliphatic heterocycles. The molecule has 2 heteroatoms. The van der Waals surface area contributed by atoms with Gasteiger partial charge in [-0.25, -0.2) is 0 Å². The Morgan fingerprint density at radius 3 is 1.12 bits per heavy atom. The first kappa shape index (κ1) is 36.2. The molecule has 0 N–H and O–H groups in total. The van der Waals surface area contributed by atoms with Crippen LogP contribution in [0.15, 0.2) is 243 Å². The minimum absolute atomic E-state index is 1.16. The monoisotopic (exact) mass is 812 g/mol. The molecule has 0 spiro atoms. The van der Waals surface area contributed by atoms with Gasteiger partial charge < -0.3 is 9.13 Å². The minimum atomic E-state index is 1.16. The zero-order valence-corrected chi connectivity index (χ0v) is 35.0. The molecule has 0 atom stereocenters. The summed E-state index contributed by atoms with van der Waals surface area (Å²) >= 11 is 0. The zero-order chi connectivity index (χ0) is 42.1. The van der Waals surface area contributed by atoms with Crippen LogP contribution in [0.3, 0.4) is 0 Å². The highest BCUT2D eigenvalue weighted by Crippen LogP contribution is 2.48. The van der Waals surface area contributed by atoms with Gasteiger partial charge in [0.2, 0.25) is 0 Å². The SMILES string of the molecule is c1ccc(-c2cccc(-c3c4cccc(-c5cccc6c5c5ccccc5n6-c5ccccc5)c4cc4c(-c5cccc6c5c5ccccc5n6-c5ccccc5)cccc34)c2)cc1. The molecule has 0 fully saturated rings.